The van der Waals surface area contributed by atoms with E-state index in [0.29, 0.717) is 16.4 Å². The third-order valence-electron chi connectivity index (χ3n) is 2.98. The number of nitrogens with one attached hydrogen (secondary N) is 2. The Morgan fingerprint density at radius 1 is 1.22 bits per heavy atom. The lowest BCUT2D eigenvalue weighted by Gasteiger charge is -2.06. The number of nitrogens with zero attached hydrogens (tertiary/aromatic N) is 4. The molecule has 3 rings (SSSR count). The molecule has 0 aliphatic heterocycles. The number of halogens is 1. The number of carbonyl (C=O) groups excluding carboxylic acids is 1. The van der Waals surface area contributed by atoms with Crippen molar-refractivity contribution >= 4 is 23.3 Å². The molecule has 2 heterocycles. The van der Waals surface area contributed by atoms with Gasteiger partial charge in [-0.1, -0.05) is 16.8 Å². The van der Waals surface area contributed by atoms with E-state index in [4.69, 9.17) is 11.6 Å². The summed E-state index contributed by atoms with van der Waals surface area (Å²) in [6, 6.07) is 10.2. The van der Waals surface area contributed by atoms with E-state index < -0.39 is 0 Å². The molecule has 3 aromatic rings. The summed E-state index contributed by atoms with van der Waals surface area (Å²) in [7, 11) is 0. The maximum Gasteiger partial charge on any atom is 0.319 e. The number of pyridine rings is 1. The van der Waals surface area contributed by atoms with Gasteiger partial charge in [-0.05, 0) is 36.4 Å². The van der Waals surface area contributed by atoms with Crippen molar-refractivity contribution in [3.8, 4) is 5.69 Å². The largest absolute Gasteiger partial charge is 0.332 e. The third kappa shape index (κ3) is 4.04. The minimum absolute atomic E-state index is 0.264. The van der Waals surface area contributed by atoms with Crippen LogP contribution in [0.15, 0.2) is 55.0 Å². The van der Waals surface area contributed by atoms with Crippen LogP contribution in [0.3, 0.4) is 0 Å². The van der Waals surface area contributed by atoms with E-state index in [9.17, 15) is 4.79 Å². The second kappa shape index (κ2) is 6.89. The Bertz CT molecular complexity index is 787. The van der Waals surface area contributed by atoms with E-state index in [-0.39, 0.29) is 12.6 Å². The van der Waals surface area contributed by atoms with Crippen LogP contribution < -0.4 is 10.6 Å². The number of benzene rings is 1. The van der Waals surface area contributed by atoms with Gasteiger partial charge in [0.05, 0.1) is 24.6 Å². The average Bonchev–Trinajstić information content (AvgIpc) is 3.05. The monoisotopic (exact) mass is 328 g/mol. The topological polar surface area (TPSA) is 84.7 Å². The van der Waals surface area contributed by atoms with Crippen LogP contribution in [0.5, 0.6) is 0 Å². The highest BCUT2D eigenvalue weighted by Crippen LogP contribution is 2.13. The molecule has 7 nitrogen and oxygen atoms in total. The number of hydrogen-bond acceptors (Lipinski definition) is 4. The van der Waals surface area contributed by atoms with Crippen molar-refractivity contribution in [2.75, 3.05) is 5.32 Å². The standard InChI is InChI=1S/C15H13ClN6O/c16-11-3-5-12(6-4-11)19-15(23)18-8-13-10-22(21-20-13)14-2-1-7-17-9-14/h1-7,9-10H,8H2,(H2,18,19,23). The van der Waals surface area contributed by atoms with Gasteiger partial charge in [0.15, 0.2) is 0 Å². The fraction of sp³-hybridized carbons (Fsp3) is 0.0667. The third-order valence-corrected chi connectivity index (χ3v) is 3.24. The number of hydrogen-bond donors (Lipinski definition) is 2. The van der Waals surface area contributed by atoms with E-state index in [2.05, 4.69) is 25.9 Å². The molecule has 0 saturated carbocycles. The zero-order valence-electron chi connectivity index (χ0n) is 12.0. The highest BCUT2D eigenvalue weighted by molar-refractivity contribution is 6.30. The van der Waals surface area contributed by atoms with Gasteiger partial charge in [-0.2, -0.15) is 0 Å². The number of aromatic nitrogens is 4. The second-order valence-corrected chi connectivity index (χ2v) is 5.12. The summed E-state index contributed by atoms with van der Waals surface area (Å²) < 4.78 is 1.60. The van der Waals surface area contributed by atoms with Gasteiger partial charge in [-0.25, -0.2) is 9.48 Å². The maximum absolute atomic E-state index is 11.8. The van der Waals surface area contributed by atoms with Crippen molar-refractivity contribution in [2.45, 2.75) is 6.54 Å². The molecule has 2 amide bonds. The van der Waals surface area contributed by atoms with Crippen molar-refractivity contribution in [3.63, 3.8) is 0 Å². The molecule has 8 heteroatoms. The SMILES string of the molecule is O=C(NCc1cn(-c2cccnc2)nn1)Nc1ccc(Cl)cc1. The summed E-state index contributed by atoms with van der Waals surface area (Å²) in [5, 5.41) is 14.0. The van der Waals surface area contributed by atoms with Gasteiger partial charge >= 0.3 is 6.03 Å². The predicted molar refractivity (Wildman–Crippen MR) is 86.5 cm³/mol. The van der Waals surface area contributed by atoms with Crippen LogP contribution in [0.1, 0.15) is 5.69 Å². The number of anilines is 1. The molecule has 0 fully saturated rings. The first-order chi connectivity index (χ1) is 11.2. The van der Waals surface area contributed by atoms with Gasteiger partial charge in [0.25, 0.3) is 0 Å². The summed E-state index contributed by atoms with van der Waals surface area (Å²) >= 11 is 5.79. The van der Waals surface area contributed by atoms with Crippen LogP contribution in [-0.2, 0) is 6.54 Å². The van der Waals surface area contributed by atoms with Crippen LogP contribution in [0.2, 0.25) is 5.02 Å². The zero-order valence-corrected chi connectivity index (χ0v) is 12.7. The Morgan fingerprint density at radius 2 is 2.04 bits per heavy atom. The lowest BCUT2D eigenvalue weighted by molar-refractivity contribution is 0.251. The molecule has 0 bridgehead atoms. The van der Waals surface area contributed by atoms with Crippen LogP contribution in [-0.4, -0.2) is 26.0 Å². The normalized spacial score (nSPS) is 10.3. The number of urea groups is 1. The van der Waals surface area contributed by atoms with Crippen LogP contribution in [0.25, 0.3) is 5.69 Å². The van der Waals surface area contributed by atoms with E-state index in [1.54, 1.807) is 47.5 Å². The molecule has 2 aromatic heterocycles. The zero-order chi connectivity index (χ0) is 16.1. The van der Waals surface area contributed by atoms with Gasteiger partial charge in [0.1, 0.15) is 5.69 Å². The molecule has 0 atom stereocenters. The van der Waals surface area contributed by atoms with Gasteiger partial charge < -0.3 is 10.6 Å². The van der Waals surface area contributed by atoms with Crippen molar-refractivity contribution in [2.24, 2.45) is 0 Å². The number of rotatable bonds is 4. The smallest absolute Gasteiger partial charge is 0.319 e. The van der Waals surface area contributed by atoms with Gasteiger partial charge in [0.2, 0.25) is 0 Å². The first kappa shape index (κ1) is 15.0. The molecular weight excluding hydrogens is 316 g/mol. The highest BCUT2D eigenvalue weighted by atomic mass is 35.5. The Kier molecular flexibility index (Phi) is 4.49. The van der Waals surface area contributed by atoms with E-state index in [0.717, 1.165) is 5.69 Å². The molecule has 0 radical (unpaired) electrons. The quantitative estimate of drug-likeness (QED) is 0.771. The van der Waals surface area contributed by atoms with E-state index in [1.807, 2.05) is 12.1 Å². The molecule has 116 valence electrons. The molecule has 0 aliphatic rings. The van der Waals surface area contributed by atoms with E-state index >= 15 is 0 Å². The maximum atomic E-state index is 11.8. The van der Waals surface area contributed by atoms with Crippen molar-refractivity contribution < 1.29 is 4.79 Å². The molecule has 0 aliphatic carbocycles. The lowest BCUT2D eigenvalue weighted by Crippen LogP contribution is -2.28. The first-order valence-electron chi connectivity index (χ1n) is 6.83. The Hall–Kier alpha value is -2.93. The summed E-state index contributed by atoms with van der Waals surface area (Å²) in [6.07, 6.45) is 5.10. The molecule has 0 unspecified atom stereocenters. The molecular formula is C15H13ClN6O. The molecule has 0 spiro atoms. The van der Waals surface area contributed by atoms with Crippen molar-refractivity contribution in [1.82, 2.24) is 25.3 Å². The fourth-order valence-corrected chi connectivity index (χ4v) is 2.00. The molecule has 23 heavy (non-hydrogen) atoms. The highest BCUT2D eigenvalue weighted by Gasteiger charge is 2.06. The van der Waals surface area contributed by atoms with Crippen LogP contribution in [0, 0.1) is 0 Å². The molecule has 1 aromatic carbocycles. The number of carbonyl (C=O) groups is 1. The lowest BCUT2D eigenvalue weighted by atomic mass is 10.3. The first-order valence-corrected chi connectivity index (χ1v) is 7.20. The fourth-order valence-electron chi connectivity index (χ4n) is 1.87. The van der Waals surface area contributed by atoms with Gasteiger partial charge in [-0.15, -0.1) is 5.10 Å². The average molecular weight is 329 g/mol. The summed E-state index contributed by atoms with van der Waals surface area (Å²) in [4.78, 5) is 15.8. The van der Waals surface area contributed by atoms with Crippen LogP contribution >= 0.6 is 11.6 Å². The minimum atomic E-state index is -0.330. The van der Waals surface area contributed by atoms with E-state index in [1.165, 1.54) is 0 Å². The summed E-state index contributed by atoms with van der Waals surface area (Å²) in [5.74, 6) is 0. The predicted octanol–water partition coefficient (Wildman–Crippen LogP) is 2.64. The van der Waals surface area contributed by atoms with Gasteiger partial charge in [0, 0.05) is 16.9 Å². The molecule has 2 N–H and O–H groups in total. The van der Waals surface area contributed by atoms with Gasteiger partial charge in [-0.3, -0.25) is 4.98 Å². The van der Waals surface area contributed by atoms with Crippen LogP contribution in [0.4, 0.5) is 10.5 Å². The minimum Gasteiger partial charge on any atom is -0.332 e. The Labute approximate surface area is 137 Å². The Morgan fingerprint density at radius 3 is 2.78 bits per heavy atom. The van der Waals surface area contributed by atoms with Crippen molar-refractivity contribution in [3.05, 3.63) is 65.7 Å². The Balaban J connectivity index is 1.55. The summed E-state index contributed by atoms with van der Waals surface area (Å²) in [5.41, 5.74) is 2.10. The van der Waals surface area contributed by atoms with Crippen molar-refractivity contribution in [1.29, 1.82) is 0 Å². The second-order valence-electron chi connectivity index (χ2n) is 4.68. The number of amides is 2. The summed E-state index contributed by atoms with van der Waals surface area (Å²) in [6.45, 7) is 0.264. The molecule has 0 saturated heterocycles.